The minimum absolute atomic E-state index is 0.339. The Morgan fingerprint density at radius 3 is 1.88 bits per heavy atom. The zero-order valence-corrected chi connectivity index (χ0v) is 29.1. The third-order valence-corrected chi connectivity index (χ3v) is 8.47. The molecule has 5 aromatic rings. The number of rotatable bonds is 4. The highest BCUT2D eigenvalue weighted by Crippen LogP contribution is 2.36. The average Bonchev–Trinajstić information content (AvgIpc) is 3.80. The maximum absolute atomic E-state index is 5.44. The maximum atomic E-state index is 5.44. The van der Waals surface area contributed by atoms with E-state index in [4.69, 9.17) is 20.0 Å². The van der Waals surface area contributed by atoms with Gasteiger partial charge in [0, 0.05) is 32.7 Å². The van der Waals surface area contributed by atoms with Gasteiger partial charge in [-0.3, -0.25) is 0 Å². The average molecular weight is 636 g/mol. The lowest BCUT2D eigenvalue weighted by atomic mass is 10.1. The van der Waals surface area contributed by atoms with Crippen LogP contribution in [0.3, 0.4) is 0 Å². The van der Waals surface area contributed by atoms with E-state index < -0.39 is 0 Å². The number of hydrogen-bond donors (Lipinski definition) is 1. The summed E-state index contributed by atoms with van der Waals surface area (Å²) in [5.41, 5.74) is 6.28. The summed E-state index contributed by atoms with van der Waals surface area (Å²) in [6, 6.07) is 16.7. The molecule has 1 N–H and O–H groups in total. The first-order chi connectivity index (χ1) is 23.6. The van der Waals surface area contributed by atoms with E-state index in [0.717, 1.165) is 83.9 Å². The Hall–Kier alpha value is -5.63. The molecular weight excluding hydrogens is 592 g/mol. The molecule has 48 heavy (non-hydrogen) atoms. The van der Waals surface area contributed by atoms with Crippen LogP contribution >= 0.6 is 0 Å². The summed E-state index contributed by atoms with van der Waals surface area (Å²) in [5, 5.41) is 7.59. The molecule has 0 radical (unpaired) electrons. The standard InChI is InChI=1S/C36H30N8.2C2H6/c1-6-14-22-23(15-7-2)30-37-29(22)38-33-25-17-10-12-19-27(25)35-40-31-21(9-4)24(16-8-3)32(42(31)5)41-36-28-20-13-11-18-26(28)34(39-30)44(36)43(33)35;2*1-2/h6-20,29H,4H2,1-3,5H3;2*1-2H3/p+1/b14-6-,15-7-,16-8-,38-33-,39-34?,40-35?,41-36?;;. The summed E-state index contributed by atoms with van der Waals surface area (Å²) in [4.78, 5) is 21.7. The van der Waals surface area contributed by atoms with E-state index in [1.807, 2.05) is 73.7 Å². The quantitative estimate of drug-likeness (QED) is 0.203. The molecule has 4 bridgehead atoms. The van der Waals surface area contributed by atoms with Gasteiger partial charge in [-0.1, -0.05) is 123 Å². The largest absolute Gasteiger partial charge is 0.344 e. The van der Waals surface area contributed by atoms with Crippen LogP contribution in [0.15, 0.2) is 119 Å². The molecule has 3 aliphatic rings. The highest BCUT2D eigenvalue weighted by molar-refractivity contribution is 6.10. The fourth-order valence-corrected chi connectivity index (χ4v) is 6.63. The van der Waals surface area contributed by atoms with E-state index in [2.05, 4.69) is 98.3 Å². The second kappa shape index (κ2) is 13.2. The Morgan fingerprint density at radius 2 is 1.25 bits per heavy atom. The first-order valence-corrected chi connectivity index (χ1v) is 16.8. The van der Waals surface area contributed by atoms with Gasteiger partial charge < -0.3 is 5.32 Å². The summed E-state index contributed by atoms with van der Waals surface area (Å²) in [6.45, 7) is 18.2. The summed E-state index contributed by atoms with van der Waals surface area (Å²) in [6.07, 6.45) is 14.0. The van der Waals surface area contributed by atoms with Crippen molar-refractivity contribution in [2.24, 2.45) is 17.0 Å². The lowest BCUT2D eigenvalue weighted by Crippen LogP contribution is -2.34. The summed E-state index contributed by atoms with van der Waals surface area (Å²) < 4.78 is 6.26. The van der Waals surface area contributed by atoms with Crippen molar-refractivity contribution in [1.82, 2.24) is 24.3 Å². The summed E-state index contributed by atoms with van der Waals surface area (Å²) >= 11 is 0. The molecule has 8 rings (SSSR count). The number of nitrogens with one attached hydrogen (secondary N) is 1. The van der Waals surface area contributed by atoms with Crippen molar-refractivity contribution in [3.63, 3.8) is 0 Å². The van der Waals surface area contributed by atoms with E-state index in [-0.39, 0.29) is 6.17 Å². The second-order valence-electron chi connectivity index (χ2n) is 11.0. The number of hydrogen-bond acceptors (Lipinski definition) is 5. The molecule has 0 saturated carbocycles. The SMILES string of the molecule is C=CC1=C(/C=C\C)c2nc3c4ccccc4c4n3n3/c(c5ccccc5c3nc1[n+]2C)=N\C1N/C(=N\4)C(/C=C\C)=C1/C=C\C.CC.CC. The van der Waals surface area contributed by atoms with Gasteiger partial charge in [0.05, 0.1) is 18.2 Å². The molecule has 1 unspecified atom stereocenters. The molecule has 0 saturated heterocycles. The molecule has 6 heterocycles. The van der Waals surface area contributed by atoms with Gasteiger partial charge in [-0.25, -0.2) is 14.6 Å². The molecule has 0 aliphatic carbocycles. The zero-order chi connectivity index (χ0) is 34.1. The Bertz CT molecular complexity index is 2420. The van der Waals surface area contributed by atoms with Crippen LogP contribution in [0, 0.1) is 0 Å². The molecule has 242 valence electrons. The van der Waals surface area contributed by atoms with Crippen LogP contribution in [0.2, 0.25) is 0 Å². The van der Waals surface area contributed by atoms with Gasteiger partial charge in [0.15, 0.2) is 11.3 Å². The first kappa shape index (κ1) is 32.3. The van der Waals surface area contributed by atoms with E-state index in [1.165, 1.54) is 0 Å². The van der Waals surface area contributed by atoms with Gasteiger partial charge in [-0.15, -0.1) is 0 Å². The van der Waals surface area contributed by atoms with Crippen molar-refractivity contribution in [2.75, 3.05) is 0 Å². The Morgan fingerprint density at radius 1 is 0.708 bits per heavy atom. The van der Waals surface area contributed by atoms with E-state index in [0.29, 0.717) is 0 Å². The Balaban J connectivity index is 0.000000969. The van der Waals surface area contributed by atoms with E-state index in [9.17, 15) is 0 Å². The molecule has 0 fully saturated rings. The second-order valence-corrected chi connectivity index (χ2v) is 11.0. The predicted molar refractivity (Wildman–Crippen MR) is 200 cm³/mol. The molecule has 1 atom stereocenters. The Labute approximate surface area is 281 Å². The van der Waals surface area contributed by atoms with Crippen LogP contribution in [0.25, 0.3) is 44.0 Å². The Kier molecular flexibility index (Phi) is 8.91. The molecule has 2 aromatic carbocycles. The third kappa shape index (κ3) is 4.70. The zero-order valence-electron chi connectivity index (χ0n) is 29.1. The van der Waals surface area contributed by atoms with Crippen LogP contribution in [0.1, 0.15) is 60.1 Å². The number of allylic oxidation sites excluding steroid dienone is 7. The van der Waals surface area contributed by atoms with Gasteiger partial charge >= 0.3 is 0 Å². The summed E-state index contributed by atoms with van der Waals surface area (Å²) in [7, 11) is 2.02. The van der Waals surface area contributed by atoms with Crippen LogP contribution in [0.5, 0.6) is 0 Å². The lowest BCUT2D eigenvalue weighted by Gasteiger charge is -2.07. The molecule has 3 aromatic heterocycles. The fraction of sp³-hybridized carbons (Fsp3) is 0.225. The molecular formula is C40H43N8+. The highest BCUT2D eigenvalue weighted by atomic mass is 15.4. The van der Waals surface area contributed by atoms with Crippen molar-refractivity contribution in [3.8, 4) is 0 Å². The monoisotopic (exact) mass is 635 g/mol. The molecule has 0 spiro atoms. The number of amidine groups is 1. The van der Waals surface area contributed by atoms with Gasteiger partial charge in [0.25, 0.3) is 11.6 Å². The minimum atomic E-state index is -0.339. The van der Waals surface area contributed by atoms with Gasteiger partial charge in [-0.05, 0) is 32.9 Å². The topological polar surface area (TPSA) is 75.2 Å². The third-order valence-electron chi connectivity index (χ3n) is 8.47. The molecule has 8 heteroatoms. The normalized spacial score (nSPS) is 18.0. The predicted octanol–water partition coefficient (Wildman–Crippen LogP) is 8.04. The first-order valence-electron chi connectivity index (χ1n) is 16.8. The number of aromatic nitrogens is 5. The van der Waals surface area contributed by atoms with E-state index >= 15 is 0 Å². The summed E-state index contributed by atoms with van der Waals surface area (Å²) in [5.74, 6) is 3.11. The van der Waals surface area contributed by atoms with Crippen LogP contribution in [-0.4, -0.2) is 31.0 Å². The van der Waals surface area contributed by atoms with Crippen molar-refractivity contribution < 1.29 is 4.57 Å². The van der Waals surface area contributed by atoms with Crippen molar-refractivity contribution >= 4 is 55.6 Å². The number of benzene rings is 2. The van der Waals surface area contributed by atoms with Crippen LogP contribution < -0.4 is 15.4 Å². The maximum Gasteiger partial charge on any atom is 0.273 e. The number of fused-ring (bicyclic) bond motifs is 10. The molecule has 8 nitrogen and oxygen atoms in total. The van der Waals surface area contributed by atoms with Crippen LogP contribution in [0.4, 0.5) is 5.82 Å². The lowest BCUT2D eigenvalue weighted by molar-refractivity contribution is -0.678. The van der Waals surface area contributed by atoms with E-state index in [1.54, 1.807) is 0 Å². The molecule has 3 aliphatic heterocycles. The van der Waals surface area contributed by atoms with Crippen molar-refractivity contribution in [3.05, 3.63) is 126 Å². The fourth-order valence-electron chi connectivity index (χ4n) is 6.63. The van der Waals surface area contributed by atoms with Crippen molar-refractivity contribution in [1.29, 1.82) is 0 Å². The van der Waals surface area contributed by atoms with Crippen molar-refractivity contribution in [2.45, 2.75) is 54.6 Å². The smallest absolute Gasteiger partial charge is 0.273 e. The molecule has 0 amide bonds. The highest BCUT2D eigenvalue weighted by Gasteiger charge is 2.33. The minimum Gasteiger partial charge on any atom is -0.344 e. The van der Waals surface area contributed by atoms with Gasteiger partial charge in [0.2, 0.25) is 11.3 Å². The van der Waals surface area contributed by atoms with Crippen LogP contribution in [-0.2, 0) is 7.05 Å². The van der Waals surface area contributed by atoms with Gasteiger partial charge in [0.1, 0.15) is 12.0 Å². The number of aliphatic imine (C=N–C) groups is 1. The number of nitrogens with zero attached hydrogens (tertiary/aromatic N) is 7. The van der Waals surface area contributed by atoms with Gasteiger partial charge in [-0.2, -0.15) is 9.03 Å².